The number of nitrogens with zero attached hydrogens (tertiary/aromatic N) is 8. The van der Waals surface area contributed by atoms with Gasteiger partial charge in [0.25, 0.3) is 6.47 Å². The van der Waals surface area contributed by atoms with Crippen molar-refractivity contribution in [2.24, 2.45) is 142 Å². The number of amides is 15. The zero-order chi connectivity index (χ0) is 98.4. The molecule has 0 spiro atoms. The number of phenolic OH excluding ortho intramolecular Hbond substituents is 3. The highest BCUT2D eigenvalue weighted by Crippen LogP contribution is 2.66. The van der Waals surface area contributed by atoms with Crippen molar-refractivity contribution in [1.82, 2.24) is 19.6 Å². The highest BCUT2D eigenvalue weighted by molar-refractivity contribution is 6.84. The number of aliphatic carboxylic acids is 1. The molecule has 32 nitrogen and oxygen atoms in total. The van der Waals surface area contributed by atoms with E-state index >= 15 is 22.8 Å². The second-order valence-electron chi connectivity index (χ2n) is 40.6. The summed E-state index contributed by atoms with van der Waals surface area (Å²) in [7, 11) is -5.36. The number of alkyl halides is 3. The summed E-state index contributed by atoms with van der Waals surface area (Å²) in [4.78, 5) is 250. The minimum Gasteiger partial charge on any atom is -0.508 e. The van der Waals surface area contributed by atoms with Crippen LogP contribution in [0.1, 0.15) is 42.9 Å². The maximum absolute atomic E-state index is 16.3. The van der Waals surface area contributed by atoms with E-state index in [9.17, 15) is 97.5 Å². The number of likely N-dealkylation sites (tertiary alicyclic amines) is 4. The lowest BCUT2D eigenvalue weighted by Crippen LogP contribution is -2.51. The number of aryl methyl sites for hydroxylation is 1. The number of aliphatic hydroxyl groups is 1. The topological polar surface area (TPSA) is 436 Å². The van der Waals surface area contributed by atoms with E-state index in [1.807, 2.05) is 39.2 Å². The van der Waals surface area contributed by atoms with Crippen molar-refractivity contribution in [3.63, 3.8) is 0 Å². The van der Waals surface area contributed by atoms with Crippen LogP contribution in [0.15, 0.2) is 206 Å². The third kappa shape index (κ3) is 13.4. The molecule has 37 heteroatoms. The largest absolute Gasteiger partial charge is 0.508 e. The molecule has 15 amide bonds. The number of ether oxygens (including phenoxy) is 1. The van der Waals surface area contributed by atoms with Crippen molar-refractivity contribution in [2.75, 3.05) is 32.7 Å². The second kappa shape index (κ2) is 32.4. The standard InChI is InChI=1S/C101H95F3N8O24Si2/c1-44-14-10-15-50(37-44)108-89(123)73-58-26-27-59(74(73)90(108)124)78-77(58)93(127)110(94(78)128)52(42-135-43-113)21-18-45(2)36-46(3)38-62(99(133)134)47(4)107-87(121)71-54-22-23-55(72(71)88(107)122)68-67(54)83(117)105(84(68)118)32-12-34-137(6,7)136-138(8,9)35-13-33-106-85(119)69-56-24-25-57(70(69)86(106)120)80-79(56)95(129)111(96(80)130)63-39-48(19-30-65(63)115)100(5,101(102,103)104)49-20-31-66(116)64(40-49)112-97(131)81-60-28-29-61(82(81)98(112)132)76-75(60)91(125)109(92(76)126)51-16-11-17-53(114)41-51/h10-11,14-31,37-43,54-61,67-82,97,114-116,131H,2-4,12-13,32-36H2,1,5-9H3,(H,133,134)/b21-18-,52-42-,62-38+. The Kier molecular flexibility index (Phi) is 21.6. The van der Waals surface area contributed by atoms with Gasteiger partial charge in [-0.15, -0.1) is 0 Å². The summed E-state index contributed by atoms with van der Waals surface area (Å²) in [6.07, 6.45) is 11.1. The van der Waals surface area contributed by atoms with Gasteiger partial charge in [0.15, 0.2) is 16.6 Å². The van der Waals surface area contributed by atoms with Crippen LogP contribution in [0, 0.1) is 149 Å². The van der Waals surface area contributed by atoms with Crippen LogP contribution in [0.5, 0.6) is 17.2 Å². The first-order chi connectivity index (χ1) is 65.4. The van der Waals surface area contributed by atoms with Gasteiger partial charge in [-0.05, 0) is 160 Å². The van der Waals surface area contributed by atoms with E-state index in [4.69, 9.17) is 8.85 Å². The molecule has 8 bridgehead atoms. The molecule has 138 heavy (non-hydrogen) atoms. The van der Waals surface area contributed by atoms with Gasteiger partial charge in [0.2, 0.25) is 88.6 Å². The Labute approximate surface area is 788 Å². The lowest BCUT2D eigenvalue weighted by molar-refractivity contribution is -0.173. The quantitative estimate of drug-likeness (QED) is 0.00706. The minimum absolute atomic E-state index is 0.0132. The van der Waals surface area contributed by atoms with Crippen LogP contribution in [0.3, 0.4) is 0 Å². The lowest BCUT2D eigenvalue weighted by atomic mass is 9.54. The number of aromatic hydroxyl groups is 3. The molecule has 20 aliphatic rings. The van der Waals surface area contributed by atoms with Crippen molar-refractivity contribution in [3.8, 4) is 17.2 Å². The van der Waals surface area contributed by atoms with Gasteiger partial charge < -0.3 is 34.4 Å². The van der Waals surface area contributed by atoms with E-state index in [2.05, 4.69) is 19.7 Å². The summed E-state index contributed by atoms with van der Waals surface area (Å²) in [5, 5.41) is 56.1. The Hall–Kier alpha value is -13.8. The Bertz CT molecular complexity index is 6400. The van der Waals surface area contributed by atoms with Gasteiger partial charge in [-0.2, -0.15) is 13.2 Å². The summed E-state index contributed by atoms with van der Waals surface area (Å²) in [6.45, 7) is 22.5. The van der Waals surface area contributed by atoms with Gasteiger partial charge in [0.1, 0.15) is 35.2 Å². The van der Waals surface area contributed by atoms with Crippen LogP contribution >= 0.6 is 0 Å². The number of aliphatic hydroxyl groups excluding tert-OH is 1. The fourth-order valence-electron chi connectivity index (χ4n) is 26.7. The van der Waals surface area contributed by atoms with Gasteiger partial charge >= 0.3 is 12.1 Å². The number of allylic oxidation sites excluding steroid dienone is 13. The number of benzene rings is 4. The molecule has 26 unspecified atom stereocenters. The number of rotatable bonds is 27. The number of hydrogen-bond acceptors (Lipinski definition) is 23. The first-order valence-corrected chi connectivity index (χ1v) is 52.2. The van der Waals surface area contributed by atoms with Gasteiger partial charge in [0, 0.05) is 66.5 Å². The molecule has 4 aromatic carbocycles. The molecule has 12 aliphatic carbocycles. The van der Waals surface area contributed by atoms with E-state index in [0.29, 0.717) is 40.4 Å². The molecule has 8 aliphatic heterocycles. The lowest BCUT2D eigenvalue weighted by Gasteiger charge is -2.46. The average molecular weight is 1920 g/mol. The first-order valence-electron chi connectivity index (χ1n) is 46.0. The fraction of sp³-hybridized carbons (Fsp3) is 0.396. The molecular formula is C101H95F3N8O24Si2. The molecule has 24 rings (SSSR count). The minimum atomic E-state index is -5.27. The fourth-order valence-corrected chi connectivity index (χ4v) is 35.6. The van der Waals surface area contributed by atoms with E-state index in [0.717, 1.165) is 85.7 Å². The maximum atomic E-state index is 16.3. The normalized spacial score (nSPS) is 33.2. The molecule has 712 valence electrons. The number of phenols is 3. The van der Waals surface area contributed by atoms with Crippen molar-refractivity contribution in [3.05, 3.63) is 223 Å². The maximum Gasteiger partial charge on any atom is 0.402 e. The van der Waals surface area contributed by atoms with E-state index in [-0.39, 0.29) is 54.3 Å². The van der Waals surface area contributed by atoms with E-state index < -0.39 is 316 Å². The Balaban J connectivity index is 0.441. The highest BCUT2D eigenvalue weighted by atomic mass is 28.4. The summed E-state index contributed by atoms with van der Waals surface area (Å²) >= 11 is 0. The van der Waals surface area contributed by atoms with Gasteiger partial charge in [0.05, 0.1) is 128 Å². The van der Waals surface area contributed by atoms with Crippen molar-refractivity contribution in [1.29, 1.82) is 0 Å². The van der Waals surface area contributed by atoms with E-state index in [1.54, 1.807) is 66.8 Å². The third-order valence-corrected chi connectivity index (χ3v) is 39.9. The number of imide groups is 7. The Morgan fingerprint density at radius 2 is 0.841 bits per heavy atom. The van der Waals surface area contributed by atoms with Crippen LogP contribution in [0.4, 0.5) is 35.9 Å². The number of anilines is 4. The third-order valence-electron chi connectivity index (χ3n) is 32.4. The first kappa shape index (κ1) is 91.9. The molecule has 4 aromatic rings. The number of carbonyl (C=O) groups is 17. The monoisotopic (exact) mass is 1920 g/mol. The smallest absolute Gasteiger partial charge is 0.402 e. The average Bonchev–Trinajstić information content (AvgIpc) is 1.55. The molecule has 5 N–H and O–H groups in total. The Morgan fingerprint density at radius 3 is 1.27 bits per heavy atom. The summed E-state index contributed by atoms with van der Waals surface area (Å²) < 4.78 is 60.7. The van der Waals surface area contributed by atoms with Gasteiger partial charge in [-0.1, -0.05) is 110 Å². The van der Waals surface area contributed by atoms with Crippen LogP contribution in [-0.4, -0.2) is 188 Å². The second-order valence-corrected chi connectivity index (χ2v) is 49.4. The van der Waals surface area contributed by atoms with E-state index in [1.165, 1.54) is 41.3 Å². The highest BCUT2D eigenvalue weighted by Gasteiger charge is 2.75. The number of halogens is 3. The number of hydrogen-bond donors (Lipinski definition) is 5. The number of carboxylic acid groups (broad SMARTS) is 1. The molecule has 8 heterocycles. The van der Waals surface area contributed by atoms with Crippen LogP contribution < -0.4 is 19.6 Å². The summed E-state index contributed by atoms with van der Waals surface area (Å²) in [5.41, 5.74) is -5.30. The van der Waals surface area contributed by atoms with Crippen molar-refractivity contribution in [2.45, 2.75) is 89.2 Å². The molecule has 0 radical (unpaired) electrons. The van der Waals surface area contributed by atoms with Crippen LogP contribution in [0.2, 0.25) is 38.3 Å². The van der Waals surface area contributed by atoms with Crippen molar-refractivity contribution < 1.29 is 129 Å². The molecule has 12 fully saturated rings. The predicted octanol–water partition coefficient (Wildman–Crippen LogP) is 9.07. The molecule has 26 atom stereocenters. The SMILES string of the molecule is C=C(/C=C\C(=C\OC=O)N1C(=O)C2C3C=CC(C2C1=O)C1C(=O)N(c2cccc(C)c2)C(=O)C31)CC(=C)/C=C(\C(=C)N1C(=O)C2C3C=CC(C4C(=O)N(CCC[Si](C)(C)O[Si](C)(C)CCCN5C(=O)C6C7C=CC(C6C5=O)C5C(=O)N(c6cc(C(C)(c8ccc(O)c(N9C(=O)C%10C%11C=CC(C%12C(=O)N(c%13cccc(O)c%13)C(=O)C%11%12)C%10C9O)c8)C(F)(F)F)ccc6O)C(=O)C75)C(=O)C34)C2C1=O)C(=O)O. The number of carbonyl (C=O) groups excluding carboxylic acids is 16. The molecule has 4 saturated carbocycles. The molecule has 0 aromatic heterocycles. The Morgan fingerprint density at radius 1 is 0.457 bits per heavy atom. The molecule has 8 saturated heterocycles. The summed E-state index contributed by atoms with van der Waals surface area (Å²) in [5.74, 6) is -38.4. The summed E-state index contributed by atoms with van der Waals surface area (Å²) in [6, 6.07) is 18.6. The van der Waals surface area contributed by atoms with Crippen LogP contribution in [0.25, 0.3) is 0 Å². The number of carboxylic acids is 1. The van der Waals surface area contributed by atoms with Gasteiger partial charge in [-0.25, -0.2) is 24.4 Å². The molecular weight excluding hydrogens is 1820 g/mol. The predicted molar refractivity (Wildman–Crippen MR) is 483 cm³/mol. The zero-order valence-electron chi connectivity index (χ0n) is 75.3. The zero-order valence-corrected chi connectivity index (χ0v) is 77.3. The van der Waals surface area contributed by atoms with Crippen LogP contribution in [-0.2, 0) is 95.8 Å². The van der Waals surface area contributed by atoms with Gasteiger partial charge in [-0.3, -0.25) is 96.3 Å². The van der Waals surface area contributed by atoms with Crippen molar-refractivity contribution >= 4 is 140 Å².